The van der Waals surface area contributed by atoms with Gasteiger partial charge in [0.15, 0.2) is 16.8 Å². The Bertz CT molecular complexity index is 1340. The molecule has 172 valence electrons. The summed E-state index contributed by atoms with van der Waals surface area (Å²) in [5.41, 5.74) is 4.37. The SMILES string of the molecule is CN1C(=CC(=O)CSc2nnc(-c3cccs3)n2Cc2ccccc2)C(C)(C)c2ccccc21. The number of fused-ring (bicyclic) bond motifs is 1. The van der Waals surface area contributed by atoms with Crippen molar-refractivity contribution in [3.05, 3.63) is 95.0 Å². The van der Waals surface area contributed by atoms with E-state index in [2.05, 4.69) is 69.9 Å². The molecule has 0 amide bonds. The molecule has 1 aliphatic rings. The van der Waals surface area contributed by atoms with Crippen LogP contribution in [0.1, 0.15) is 25.0 Å². The Morgan fingerprint density at radius 1 is 1.03 bits per heavy atom. The van der Waals surface area contributed by atoms with Crippen LogP contribution in [0.15, 0.2) is 89.0 Å². The van der Waals surface area contributed by atoms with Crippen LogP contribution in [0.25, 0.3) is 10.7 Å². The van der Waals surface area contributed by atoms with Gasteiger partial charge in [-0.2, -0.15) is 0 Å². The maximum Gasteiger partial charge on any atom is 0.192 e. The lowest BCUT2D eigenvalue weighted by atomic mass is 9.83. The lowest BCUT2D eigenvalue weighted by molar-refractivity contribution is -0.112. The molecule has 5 nitrogen and oxygen atoms in total. The average molecular weight is 487 g/mol. The Hall–Kier alpha value is -3.16. The third-order valence-electron chi connectivity index (χ3n) is 6.22. The molecule has 1 aliphatic heterocycles. The number of nitrogens with zero attached hydrogens (tertiary/aromatic N) is 4. The number of thioether (sulfide) groups is 1. The molecule has 0 aliphatic carbocycles. The van der Waals surface area contributed by atoms with Gasteiger partial charge in [-0.15, -0.1) is 21.5 Å². The summed E-state index contributed by atoms with van der Waals surface area (Å²) in [6.45, 7) is 5.00. The van der Waals surface area contributed by atoms with E-state index >= 15 is 0 Å². The van der Waals surface area contributed by atoms with Crippen LogP contribution in [0.2, 0.25) is 0 Å². The monoisotopic (exact) mass is 486 g/mol. The summed E-state index contributed by atoms with van der Waals surface area (Å²) in [6, 6.07) is 22.7. The zero-order valence-electron chi connectivity index (χ0n) is 19.4. The van der Waals surface area contributed by atoms with Gasteiger partial charge in [-0.1, -0.05) is 80.2 Å². The molecule has 0 atom stereocenters. The number of carbonyl (C=O) groups is 1. The van der Waals surface area contributed by atoms with E-state index in [1.165, 1.54) is 22.9 Å². The predicted octanol–water partition coefficient (Wildman–Crippen LogP) is 6.03. The molecule has 5 rings (SSSR count). The first-order valence-electron chi connectivity index (χ1n) is 11.2. The molecular weight excluding hydrogens is 460 g/mol. The van der Waals surface area contributed by atoms with Gasteiger partial charge < -0.3 is 4.90 Å². The second-order valence-corrected chi connectivity index (χ2v) is 10.7. The maximum absolute atomic E-state index is 13.1. The zero-order chi connectivity index (χ0) is 23.7. The minimum Gasteiger partial charge on any atom is -0.347 e. The van der Waals surface area contributed by atoms with Crippen LogP contribution in [-0.4, -0.2) is 33.3 Å². The molecule has 0 saturated heterocycles. The second-order valence-electron chi connectivity index (χ2n) is 8.84. The Morgan fingerprint density at radius 2 is 1.79 bits per heavy atom. The van der Waals surface area contributed by atoms with E-state index in [0.29, 0.717) is 12.3 Å². The van der Waals surface area contributed by atoms with E-state index < -0.39 is 0 Å². The first-order chi connectivity index (χ1) is 16.4. The van der Waals surface area contributed by atoms with Crippen molar-refractivity contribution in [2.24, 2.45) is 0 Å². The number of likely N-dealkylation sites (N-methyl/N-ethyl adjacent to an activating group) is 1. The highest BCUT2D eigenvalue weighted by Gasteiger charge is 2.38. The standard InChI is InChI=1S/C27H26N4OS2/c1-27(2)21-12-7-8-13-22(21)30(3)24(27)16-20(32)18-34-26-29-28-25(23-14-9-15-33-23)31(26)17-19-10-5-4-6-11-19/h4-16H,17-18H2,1-3H3. The smallest absolute Gasteiger partial charge is 0.192 e. The van der Waals surface area contributed by atoms with Crippen molar-refractivity contribution >= 4 is 34.6 Å². The zero-order valence-corrected chi connectivity index (χ0v) is 21.1. The summed E-state index contributed by atoms with van der Waals surface area (Å²) in [4.78, 5) is 16.3. The Morgan fingerprint density at radius 3 is 2.53 bits per heavy atom. The van der Waals surface area contributed by atoms with Gasteiger partial charge in [0.2, 0.25) is 0 Å². The third-order valence-corrected chi connectivity index (χ3v) is 8.08. The normalized spacial score (nSPS) is 15.6. The van der Waals surface area contributed by atoms with E-state index in [0.717, 1.165) is 27.2 Å². The topological polar surface area (TPSA) is 51.0 Å². The first-order valence-corrected chi connectivity index (χ1v) is 13.0. The maximum atomic E-state index is 13.1. The van der Waals surface area contributed by atoms with E-state index in [-0.39, 0.29) is 11.2 Å². The van der Waals surface area contributed by atoms with Crippen molar-refractivity contribution in [3.63, 3.8) is 0 Å². The van der Waals surface area contributed by atoms with E-state index in [9.17, 15) is 4.79 Å². The molecule has 4 aromatic rings. The molecule has 2 aromatic heterocycles. The number of allylic oxidation sites excluding steroid dienone is 2. The summed E-state index contributed by atoms with van der Waals surface area (Å²) in [6.07, 6.45) is 1.80. The van der Waals surface area contributed by atoms with Crippen molar-refractivity contribution in [3.8, 4) is 10.7 Å². The fraction of sp³-hybridized carbons (Fsp3) is 0.222. The van der Waals surface area contributed by atoms with Crippen LogP contribution >= 0.6 is 23.1 Å². The summed E-state index contributed by atoms with van der Waals surface area (Å²) in [5.74, 6) is 1.21. The molecule has 2 aromatic carbocycles. The average Bonchev–Trinajstić information content (AvgIpc) is 3.55. The molecule has 3 heterocycles. The number of hydrogen-bond acceptors (Lipinski definition) is 6. The van der Waals surface area contributed by atoms with Crippen LogP contribution in [0, 0.1) is 0 Å². The summed E-state index contributed by atoms with van der Waals surface area (Å²) >= 11 is 3.08. The number of thiophene rings is 1. The minimum absolute atomic E-state index is 0.0691. The Labute approximate surface area is 208 Å². The number of ketones is 1. The number of aromatic nitrogens is 3. The lowest BCUT2D eigenvalue weighted by Gasteiger charge is -2.23. The number of para-hydroxylation sites is 1. The summed E-state index contributed by atoms with van der Waals surface area (Å²) in [5, 5.41) is 11.7. The predicted molar refractivity (Wildman–Crippen MR) is 141 cm³/mol. The first kappa shape index (κ1) is 22.6. The Balaban J connectivity index is 1.38. The quantitative estimate of drug-likeness (QED) is 0.236. The van der Waals surface area contributed by atoms with Crippen molar-refractivity contribution in [1.82, 2.24) is 14.8 Å². The molecule has 0 N–H and O–H groups in total. The molecule has 0 fully saturated rings. The van der Waals surface area contributed by atoms with Gasteiger partial charge in [0.1, 0.15) is 0 Å². The molecule has 0 bridgehead atoms. The fourth-order valence-corrected chi connectivity index (χ4v) is 5.96. The van der Waals surface area contributed by atoms with Gasteiger partial charge >= 0.3 is 0 Å². The van der Waals surface area contributed by atoms with Gasteiger partial charge in [-0.3, -0.25) is 9.36 Å². The number of benzene rings is 2. The highest BCUT2D eigenvalue weighted by molar-refractivity contribution is 7.99. The van der Waals surface area contributed by atoms with Crippen LogP contribution in [0.4, 0.5) is 5.69 Å². The van der Waals surface area contributed by atoms with Crippen LogP contribution < -0.4 is 4.90 Å². The number of carbonyl (C=O) groups excluding carboxylic acids is 1. The summed E-state index contributed by atoms with van der Waals surface area (Å²) < 4.78 is 2.10. The van der Waals surface area contributed by atoms with Crippen LogP contribution in [0.3, 0.4) is 0 Å². The minimum atomic E-state index is -0.217. The van der Waals surface area contributed by atoms with Gasteiger partial charge in [-0.25, -0.2) is 0 Å². The van der Waals surface area contributed by atoms with Gasteiger partial charge in [0, 0.05) is 29.9 Å². The van der Waals surface area contributed by atoms with Crippen molar-refractivity contribution in [1.29, 1.82) is 0 Å². The van der Waals surface area contributed by atoms with Crippen molar-refractivity contribution in [2.45, 2.75) is 31.0 Å². The van der Waals surface area contributed by atoms with Crippen LogP contribution in [0.5, 0.6) is 0 Å². The van der Waals surface area contributed by atoms with Crippen LogP contribution in [-0.2, 0) is 16.8 Å². The largest absolute Gasteiger partial charge is 0.347 e. The fourth-order valence-electron chi connectivity index (χ4n) is 4.48. The molecule has 0 unspecified atom stereocenters. The molecule has 34 heavy (non-hydrogen) atoms. The van der Waals surface area contributed by atoms with Gasteiger partial charge in [-0.05, 0) is 28.6 Å². The number of rotatable bonds is 7. The Kier molecular flexibility index (Phi) is 6.15. The highest BCUT2D eigenvalue weighted by atomic mass is 32.2. The van der Waals surface area contributed by atoms with E-state index in [1.54, 1.807) is 17.4 Å². The second kappa shape index (κ2) is 9.24. The lowest BCUT2D eigenvalue weighted by Crippen LogP contribution is -2.24. The third kappa shape index (κ3) is 4.21. The molecule has 0 radical (unpaired) electrons. The number of hydrogen-bond donors (Lipinski definition) is 0. The van der Waals surface area contributed by atoms with Crippen molar-refractivity contribution < 1.29 is 4.79 Å². The van der Waals surface area contributed by atoms with E-state index in [1.807, 2.05) is 42.8 Å². The van der Waals surface area contributed by atoms with E-state index in [4.69, 9.17) is 0 Å². The number of anilines is 1. The van der Waals surface area contributed by atoms with Gasteiger partial charge in [0.05, 0.1) is 17.2 Å². The van der Waals surface area contributed by atoms with Crippen molar-refractivity contribution in [2.75, 3.05) is 17.7 Å². The molecular formula is C27H26N4OS2. The van der Waals surface area contributed by atoms with Gasteiger partial charge in [0.25, 0.3) is 0 Å². The highest BCUT2D eigenvalue weighted by Crippen LogP contribution is 2.46. The molecule has 0 saturated carbocycles. The molecule has 0 spiro atoms. The molecule has 7 heteroatoms. The summed E-state index contributed by atoms with van der Waals surface area (Å²) in [7, 11) is 2.03.